The largest absolute Gasteiger partial charge is 0.363 e. The Morgan fingerprint density at radius 1 is 1.50 bits per heavy atom. The van der Waals surface area contributed by atoms with Crippen molar-refractivity contribution in [2.45, 2.75) is 37.3 Å². The molecule has 3 aliphatic rings. The van der Waals surface area contributed by atoms with Crippen LogP contribution in [0.5, 0.6) is 0 Å². The van der Waals surface area contributed by atoms with Crippen LogP contribution >= 0.6 is 0 Å². The standard InChI is InChI=1S/C9H13NO2/c11-8-9(4-1-5-12-9)7(10-8)6-2-3-6/h6-7H,1-5H2,(H,10,11)/t7-,9+/m0/s1. The van der Waals surface area contributed by atoms with Crippen LogP contribution in [-0.4, -0.2) is 24.2 Å². The first-order valence-corrected chi connectivity index (χ1v) is 4.78. The van der Waals surface area contributed by atoms with E-state index >= 15 is 0 Å². The van der Waals surface area contributed by atoms with E-state index in [1.807, 2.05) is 0 Å². The summed E-state index contributed by atoms with van der Waals surface area (Å²) < 4.78 is 5.59. The molecule has 0 radical (unpaired) electrons. The molecule has 0 aromatic heterocycles. The van der Waals surface area contributed by atoms with Crippen molar-refractivity contribution in [2.24, 2.45) is 5.92 Å². The maximum Gasteiger partial charge on any atom is 0.254 e. The molecule has 0 aromatic carbocycles. The highest BCUT2D eigenvalue weighted by molar-refractivity contribution is 5.93. The topological polar surface area (TPSA) is 38.3 Å². The van der Waals surface area contributed by atoms with Crippen LogP contribution in [-0.2, 0) is 9.53 Å². The van der Waals surface area contributed by atoms with E-state index in [9.17, 15) is 4.79 Å². The summed E-state index contributed by atoms with van der Waals surface area (Å²) >= 11 is 0. The van der Waals surface area contributed by atoms with E-state index in [1.165, 1.54) is 12.8 Å². The summed E-state index contributed by atoms with van der Waals surface area (Å²) in [5, 5.41) is 2.97. The Balaban J connectivity index is 1.84. The lowest BCUT2D eigenvalue weighted by Gasteiger charge is -2.45. The first-order chi connectivity index (χ1) is 5.83. The van der Waals surface area contributed by atoms with Crippen molar-refractivity contribution >= 4 is 5.91 Å². The average molecular weight is 167 g/mol. The van der Waals surface area contributed by atoms with Crippen LogP contribution < -0.4 is 5.32 Å². The fourth-order valence-electron chi connectivity index (χ4n) is 2.46. The van der Waals surface area contributed by atoms with Crippen LogP contribution in [0.15, 0.2) is 0 Å². The summed E-state index contributed by atoms with van der Waals surface area (Å²) in [5.41, 5.74) is -0.374. The average Bonchev–Trinajstić information content (AvgIpc) is 2.74. The molecule has 3 rings (SSSR count). The first-order valence-electron chi connectivity index (χ1n) is 4.78. The number of rotatable bonds is 1. The quantitative estimate of drug-likeness (QED) is 0.576. The van der Waals surface area contributed by atoms with Gasteiger partial charge in [-0.05, 0) is 31.6 Å². The fraction of sp³-hybridized carbons (Fsp3) is 0.889. The second-order valence-corrected chi connectivity index (χ2v) is 4.13. The van der Waals surface area contributed by atoms with Crippen molar-refractivity contribution in [3.8, 4) is 0 Å². The molecule has 0 bridgehead atoms. The summed E-state index contributed by atoms with van der Waals surface area (Å²) in [5.74, 6) is 0.859. The maximum absolute atomic E-state index is 11.4. The summed E-state index contributed by atoms with van der Waals surface area (Å²) in [6.07, 6.45) is 4.54. The minimum absolute atomic E-state index is 0.136. The monoisotopic (exact) mass is 167 g/mol. The second kappa shape index (κ2) is 2.02. The molecule has 3 fully saturated rings. The molecule has 0 unspecified atom stereocenters. The van der Waals surface area contributed by atoms with Gasteiger partial charge in [-0.25, -0.2) is 0 Å². The first kappa shape index (κ1) is 6.89. The number of hydrogen-bond acceptors (Lipinski definition) is 2. The lowest BCUT2D eigenvalue weighted by molar-refractivity contribution is -0.164. The zero-order valence-electron chi connectivity index (χ0n) is 7.01. The molecule has 1 spiro atoms. The second-order valence-electron chi connectivity index (χ2n) is 4.13. The van der Waals surface area contributed by atoms with Crippen molar-refractivity contribution in [3.63, 3.8) is 0 Å². The molecule has 0 aromatic rings. The Hall–Kier alpha value is -0.570. The molecular weight excluding hydrogens is 154 g/mol. The molecular formula is C9H13NO2. The predicted octanol–water partition coefficient (Wildman–Crippen LogP) is 0.444. The van der Waals surface area contributed by atoms with Crippen LogP contribution in [0.25, 0.3) is 0 Å². The van der Waals surface area contributed by atoms with Gasteiger partial charge in [0.1, 0.15) is 0 Å². The number of hydrogen-bond donors (Lipinski definition) is 1. The number of β-lactam (4-membered cyclic amide) rings is 1. The third-order valence-corrected chi connectivity index (χ3v) is 3.32. The minimum Gasteiger partial charge on any atom is -0.363 e. The van der Waals surface area contributed by atoms with E-state index in [0.29, 0.717) is 6.04 Å². The highest BCUT2D eigenvalue weighted by Gasteiger charge is 2.62. The van der Waals surface area contributed by atoms with Crippen LogP contribution in [0.1, 0.15) is 25.7 Å². The van der Waals surface area contributed by atoms with Crippen molar-refractivity contribution < 1.29 is 9.53 Å². The van der Waals surface area contributed by atoms with Crippen molar-refractivity contribution in [1.29, 1.82) is 0 Å². The van der Waals surface area contributed by atoms with Crippen LogP contribution in [0.2, 0.25) is 0 Å². The van der Waals surface area contributed by atoms with Crippen LogP contribution in [0.4, 0.5) is 0 Å². The van der Waals surface area contributed by atoms with Gasteiger partial charge in [0, 0.05) is 6.61 Å². The molecule has 1 N–H and O–H groups in total. The number of carbonyl (C=O) groups is 1. The van der Waals surface area contributed by atoms with Gasteiger partial charge in [0.15, 0.2) is 5.60 Å². The molecule has 66 valence electrons. The van der Waals surface area contributed by atoms with Gasteiger partial charge in [-0.3, -0.25) is 4.79 Å². The van der Waals surface area contributed by atoms with E-state index in [-0.39, 0.29) is 11.5 Å². The Morgan fingerprint density at radius 2 is 2.33 bits per heavy atom. The number of carbonyl (C=O) groups excluding carboxylic acids is 1. The SMILES string of the molecule is O=C1N[C@@H](C2CC2)[C@]12CCCO2. The fourth-order valence-corrected chi connectivity index (χ4v) is 2.46. The summed E-state index contributed by atoms with van der Waals surface area (Å²) in [4.78, 5) is 11.4. The highest BCUT2D eigenvalue weighted by atomic mass is 16.5. The van der Waals surface area contributed by atoms with Gasteiger partial charge >= 0.3 is 0 Å². The predicted molar refractivity (Wildman–Crippen MR) is 42.6 cm³/mol. The lowest BCUT2D eigenvalue weighted by atomic mass is 9.80. The molecule has 3 heteroatoms. The van der Waals surface area contributed by atoms with Gasteiger partial charge in [-0.2, -0.15) is 0 Å². The van der Waals surface area contributed by atoms with Crippen LogP contribution in [0.3, 0.4) is 0 Å². The minimum atomic E-state index is -0.374. The Morgan fingerprint density at radius 3 is 2.83 bits per heavy atom. The van der Waals surface area contributed by atoms with E-state index in [4.69, 9.17) is 4.74 Å². The van der Waals surface area contributed by atoms with E-state index in [1.54, 1.807) is 0 Å². The lowest BCUT2D eigenvalue weighted by Crippen LogP contribution is -2.72. The summed E-state index contributed by atoms with van der Waals surface area (Å²) in [6, 6.07) is 0.354. The molecule has 3 nitrogen and oxygen atoms in total. The van der Waals surface area contributed by atoms with E-state index in [0.717, 1.165) is 25.4 Å². The number of nitrogens with one attached hydrogen (secondary N) is 1. The molecule has 12 heavy (non-hydrogen) atoms. The van der Waals surface area contributed by atoms with Gasteiger partial charge in [-0.15, -0.1) is 0 Å². The molecule has 1 amide bonds. The zero-order valence-corrected chi connectivity index (χ0v) is 7.01. The Bertz CT molecular complexity index is 229. The van der Waals surface area contributed by atoms with Crippen LogP contribution in [0, 0.1) is 5.92 Å². The zero-order chi connectivity index (χ0) is 8.18. The smallest absolute Gasteiger partial charge is 0.254 e. The third-order valence-electron chi connectivity index (χ3n) is 3.32. The normalized spacial score (nSPS) is 46.0. The van der Waals surface area contributed by atoms with Crippen molar-refractivity contribution in [2.75, 3.05) is 6.61 Å². The van der Waals surface area contributed by atoms with Crippen molar-refractivity contribution in [3.05, 3.63) is 0 Å². The molecule has 2 atom stereocenters. The Kier molecular flexibility index (Phi) is 1.16. The van der Waals surface area contributed by atoms with E-state index < -0.39 is 0 Å². The van der Waals surface area contributed by atoms with Gasteiger partial charge in [0.25, 0.3) is 5.91 Å². The van der Waals surface area contributed by atoms with Crippen molar-refractivity contribution in [1.82, 2.24) is 5.32 Å². The summed E-state index contributed by atoms with van der Waals surface area (Å²) in [7, 11) is 0. The maximum atomic E-state index is 11.4. The van der Waals surface area contributed by atoms with Gasteiger partial charge in [0.2, 0.25) is 0 Å². The molecule has 1 aliphatic carbocycles. The Labute approximate surface area is 71.5 Å². The van der Waals surface area contributed by atoms with E-state index in [2.05, 4.69) is 5.32 Å². The highest BCUT2D eigenvalue weighted by Crippen LogP contribution is 2.46. The molecule has 2 aliphatic heterocycles. The molecule has 2 heterocycles. The van der Waals surface area contributed by atoms with Gasteiger partial charge in [-0.1, -0.05) is 0 Å². The number of amides is 1. The third kappa shape index (κ3) is 0.678. The van der Waals surface area contributed by atoms with Gasteiger partial charge in [0.05, 0.1) is 6.04 Å². The molecule has 2 saturated heterocycles. The van der Waals surface area contributed by atoms with Gasteiger partial charge < -0.3 is 10.1 Å². The molecule has 1 saturated carbocycles. The summed E-state index contributed by atoms with van der Waals surface area (Å²) in [6.45, 7) is 0.774. The number of ether oxygens (including phenoxy) is 1.